The van der Waals surface area contributed by atoms with Crippen LogP contribution in [0.2, 0.25) is 0 Å². The quantitative estimate of drug-likeness (QED) is 0.380. The first-order valence-corrected chi connectivity index (χ1v) is 13.1. The molecule has 1 saturated heterocycles. The fraction of sp³-hybridized carbons (Fsp3) is 0.258. The Labute approximate surface area is 226 Å². The molecule has 0 unspecified atom stereocenters. The van der Waals surface area contributed by atoms with Crippen LogP contribution in [0.1, 0.15) is 38.8 Å². The lowest BCUT2D eigenvalue weighted by molar-refractivity contribution is 0.0523. The van der Waals surface area contributed by atoms with Crippen molar-refractivity contribution in [3.05, 3.63) is 105 Å². The van der Waals surface area contributed by atoms with Gasteiger partial charge in [-0.2, -0.15) is 0 Å². The van der Waals surface area contributed by atoms with Crippen LogP contribution in [0.25, 0.3) is 10.9 Å². The first-order chi connectivity index (χ1) is 18.9. The van der Waals surface area contributed by atoms with Crippen molar-refractivity contribution in [2.24, 2.45) is 0 Å². The van der Waals surface area contributed by atoms with E-state index >= 15 is 0 Å². The summed E-state index contributed by atoms with van der Waals surface area (Å²) >= 11 is 0. The van der Waals surface area contributed by atoms with Crippen LogP contribution >= 0.6 is 0 Å². The summed E-state index contributed by atoms with van der Waals surface area (Å²) in [7, 11) is 0. The number of aromatic nitrogens is 1. The largest absolute Gasteiger partial charge is 0.508 e. The number of hydrogen-bond donors (Lipinski definition) is 1. The number of phenolic OH excluding ortho intramolecular Hbond substituents is 1. The van der Waals surface area contributed by atoms with Gasteiger partial charge in [0.05, 0.1) is 24.4 Å². The number of aromatic hydroxyl groups is 1. The molecule has 1 aliphatic rings. The molecule has 0 radical (unpaired) electrons. The minimum absolute atomic E-state index is 0.0178. The van der Waals surface area contributed by atoms with Gasteiger partial charge >= 0.3 is 5.97 Å². The Morgan fingerprint density at radius 2 is 1.62 bits per heavy atom. The van der Waals surface area contributed by atoms with Crippen LogP contribution in [-0.2, 0) is 11.3 Å². The molecule has 8 nitrogen and oxygen atoms in total. The number of nitrogens with zero attached hydrogens (tertiary/aromatic N) is 3. The molecule has 0 atom stereocenters. The number of benzene rings is 3. The molecule has 5 rings (SSSR count). The summed E-state index contributed by atoms with van der Waals surface area (Å²) in [5, 5.41) is 10.4. The monoisotopic (exact) mass is 525 g/mol. The van der Waals surface area contributed by atoms with Crippen molar-refractivity contribution in [2.75, 3.05) is 37.7 Å². The summed E-state index contributed by atoms with van der Waals surface area (Å²) in [5.74, 6) is -0.670. The molecule has 0 aliphatic carbocycles. The highest BCUT2D eigenvalue weighted by atomic mass is 16.5. The molecule has 1 N–H and O–H groups in total. The van der Waals surface area contributed by atoms with E-state index in [4.69, 9.17) is 4.74 Å². The summed E-state index contributed by atoms with van der Waals surface area (Å²) in [5.41, 5.74) is 3.36. The topological polar surface area (TPSA) is 92.1 Å². The fourth-order valence-electron chi connectivity index (χ4n) is 5.11. The molecular formula is C31H31N3O5. The molecular weight excluding hydrogens is 494 g/mol. The molecule has 200 valence electrons. The van der Waals surface area contributed by atoms with Gasteiger partial charge in [0.2, 0.25) is 0 Å². The normalized spacial score (nSPS) is 13.5. The van der Waals surface area contributed by atoms with Crippen molar-refractivity contribution < 1.29 is 19.4 Å². The molecule has 0 spiro atoms. The van der Waals surface area contributed by atoms with Gasteiger partial charge in [0, 0.05) is 37.1 Å². The summed E-state index contributed by atoms with van der Waals surface area (Å²) < 4.78 is 7.03. The summed E-state index contributed by atoms with van der Waals surface area (Å²) in [6, 6.07) is 21.8. The standard InChI is InChI=1S/C31H31N3O5/c1-3-39-31(38)27-28(32-15-17-33(18-16-32)29(36)23-10-12-24(35)13-11-23)25-19-21(2)9-14-26(25)34(30(27)37)20-22-7-5-4-6-8-22/h4-14,19,35H,3,15-18,20H2,1-2H3. The number of rotatable bonds is 6. The van der Waals surface area contributed by atoms with Gasteiger partial charge in [-0.1, -0.05) is 42.0 Å². The molecule has 3 aromatic carbocycles. The number of aryl methyl sites for hydroxylation is 1. The van der Waals surface area contributed by atoms with Gasteiger partial charge in [0.15, 0.2) is 0 Å². The smallest absolute Gasteiger partial charge is 0.345 e. The molecule has 4 aromatic rings. The van der Waals surface area contributed by atoms with E-state index in [-0.39, 0.29) is 23.8 Å². The number of piperazine rings is 1. The number of anilines is 1. The van der Waals surface area contributed by atoms with E-state index in [1.165, 1.54) is 12.1 Å². The molecule has 0 bridgehead atoms. The number of carbonyl (C=O) groups is 2. The van der Waals surface area contributed by atoms with Crippen molar-refractivity contribution in [2.45, 2.75) is 20.4 Å². The van der Waals surface area contributed by atoms with Crippen LogP contribution in [0, 0.1) is 6.92 Å². The Balaban J connectivity index is 1.57. The van der Waals surface area contributed by atoms with Crippen molar-refractivity contribution in [3.8, 4) is 5.75 Å². The summed E-state index contributed by atoms with van der Waals surface area (Å²) in [6.07, 6.45) is 0. The Hall–Kier alpha value is -4.59. The van der Waals surface area contributed by atoms with E-state index in [9.17, 15) is 19.5 Å². The molecule has 39 heavy (non-hydrogen) atoms. The van der Waals surface area contributed by atoms with E-state index in [0.717, 1.165) is 22.0 Å². The Bertz CT molecular complexity index is 1570. The van der Waals surface area contributed by atoms with Crippen molar-refractivity contribution in [1.29, 1.82) is 0 Å². The van der Waals surface area contributed by atoms with Gasteiger partial charge in [0.25, 0.3) is 11.5 Å². The Morgan fingerprint density at radius 3 is 2.28 bits per heavy atom. The highest BCUT2D eigenvalue weighted by Gasteiger charge is 2.30. The Morgan fingerprint density at radius 1 is 0.923 bits per heavy atom. The fourth-order valence-corrected chi connectivity index (χ4v) is 5.11. The SMILES string of the molecule is CCOC(=O)c1c(N2CCN(C(=O)c3ccc(O)cc3)CC2)c2cc(C)ccc2n(Cc2ccccc2)c1=O. The number of esters is 1. The second-order valence-electron chi connectivity index (χ2n) is 9.67. The molecule has 2 heterocycles. The zero-order valence-electron chi connectivity index (χ0n) is 22.1. The lowest BCUT2D eigenvalue weighted by atomic mass is 10.0. The summed E-state index contributed by atoms with van der Waals surface area (Å²) in [6.45, 7) is 5.90. The van der Waals surface area contributed by atoms with Crippen molar-refractivity contribution in [1.82, 2.24) is 9.47 Å². The molecule has 1 aromatic heterocycles. The van der Waals surface area contributed by atoms with Crippen LogP contribution < -0.4 is 10.5 Å². The highest BCUT2D eigenvalue weighted by Crippen LogP contribution is 2.32. The highest BCUT2D eigenvalue weighted by molar-refractivity contribution is 6.06. The third-order valence-electron chi connectivity index (χ3n) is 7.05. The Kier molecular flexibility index (Phi) is 7.36. The van der Waals surface area contributed by atoms with Crippen molar-refractivity contribution >= 4 is 28.5 Å². The maximum atomic E-state index is 14.0. The predicted molar refractivity (Wildman–Crippen MR) is 151 cm³/mol. The van der Waals surface area contributed by atoms with E-state index in [0.29, 0.717) is 44.0 Å². The van der Waals surface area contributed by atoms with Crippen LogP contribution in [0.15, 0.2) is 77.6 Å². The lowest BCUT2D eigenvalue weighted by Gasteiger charge is -2.37. The number of phenols is 1. The van der Waals surface area contributed by atoms with Gasteiger partial charge < -0.3 is 24.2 Å². The van der Waals surface area contributed by atoms with E-state index in [2.05, 4.69) is 0 Å². The molecule has 1 amide bonds. The second kappa shape index (κ2) is 11.0. The van der Waals surface area contributed by atoms with Crippen molar-refractivity contribution in [3.63, 3.8) is 0 Å². The van der Waals surface area contributed by atoms with E-state index in [1.54, 1.807) is 28.5 Å². The van der Waals surface area contributed by atoms with Crippen LogP contribution in [0.3, 0.4) is 0 Å². The van der Waals surface area contributed by atoms with Gasteiger partial charge in [-0.15, -0.1) is 0 Å². The minimum atomic E-state index is -0.648. The third kappa shape index (κ3) is 5.23. The summed E-state index contributed by atoms with van der Waals surface area (Å²) in [4.78, 5) is 44.1. The number of ether oxygens (including phenoxy) is 1. The lowest BCUT2D eigenvalue weighted by Crippen LogP contribution is -2.49. The van der Waals surface area contributed by atoms with E-state index < -0.39 is 11.5 Å². The first kappa shape index (κ1) is 26.0. The molecule has 1 fully saturated rings. The average molecular weight is 526 g/mol. The van der Waals surface area contributed by atoms with Crippen LogP contribution in [0.5, 0.6) is 5.75 Å². The second-order valence-corrected chi connectivity index (χ2v) is 9.67. The molecule has 1 aliphatic heterocycles. The van der Waals surface area contributed by atoms with Gasteiger partial charge in [-0.3, -0.25) is 9.59 Å². The van der Waals surface area contributed by atoms with E-state index in [1.807, 2.05) is 60.4 Å². The maximum Gasteiger partial charge on any atom is 0.345 e. The van der Waals surface area contributed by atoms with Gasteiger partial charge in [0.1, 0.15) is 11.3 Å². The van der Waals surface area contributed by atoms with Gasteiger partial charge in [-0.05, 0) is 55.8 Å². The first-order valence-electron chi connectivity index (χ1n) is 13.1. The minimum Gasteiger partial charge on any atom is -0.508 e. The average Bonchev–Trinajstić information content (AvgIpc) is 2.95. The molecule has 0 saturated carbocycles. The zero-order valence-corrected chi connectivity index (χ0v) is 22.1. The van der Waals surface area contributed by atoms with Gasteiger partial charge in [-0.25, -0.2) is 4.79 Å². The number of fused-ring (bicyclic) bond motifs is 1. The van der Waals surface area contributed by atoms with Crippen LogP contribution in [0.4, 0.5) is 5.69 Å². The number of amides is 1. The number of carbonyl (C=O) groups excluding carboxylic acids is 2. The number of pyridine rings is 1. The predicted octanol–water partition coefficient (Wildman–Crippen LogP) is 4.20. The van der Waals surface area contributed by atoms with Crippen LogP contribution in [-0.4, -0.2) is 59.2 Å². The third-order valence-corrected chi connectivity index (χ3v) is 7.05. The molecule has 8 heteroatoms. The maximum absolute atomic E-state index is 14.0. The number of hydrogen-bond acceptors (Lipinski definition) is 6. The zero-order chi connectivity index (χ0) is 27.5.